The molecule has 4 aromatic rings. The van der Waals surface area contributed by atoms with E-state index >= 15 is 0 Å². The number of benzene rings is 2. The highest BCUT2D eigenvalue weighted by molar-refractivity contribution is 6.02. The van der Waals surface area contributed by atoms with Crippen molar-refractivity contribution in [3.63, 3.8) is 0 Å². The van der Waals surface area contributed by atoms with Gasteiger partial charge in [0.05, 0.1) is 16.9 Å². The number of rotatable bonds is 5. The first kappa shape index (κ1) is 18.5. The summed E-state index contributed by atoms with van der Waals surface area (Å²) in [5.74, 6) is 0.219. The Morgan fingerprint density at radius 1 is 1.10 bits per heavy atom. The molecule has 0 aliphatic rings. The van der Waals surface area contributed by atoms with Crippen molar-refractivity contribution < 1.29 is 9.94 Å². The molecule has 3 N–H and O–H groups in total. The van der Waals surface area contributed by atoms with Gasteiger partial charge in [0.1, 0.15) is 6.61 Å². The molecular formula is C22H21N5O2. The van der Waals surface area contributed by atoms with E-state index in [1.54, 1.807) is 10.7 Å². The molecule has 0 aliphatic heterocycles. The molecule has 0 saturated heterocycles. The Bertz CT molecular complexity index is 1200. The predicted molar refractivity (Wildman–Crippen MR) is 112 cm³/mol. The Morgan fingerprint density at radius 2 is 1.90 bits per heavy atom. The van der Waals surface area contributed by atoms with Crippen LogP contribution >= 0.6 is 0 Å². The van der Waals surface area contributed by atoms with Crippen molar-refractivity contribution in [2.24, 2.45) is 10.9 Å². The molecule has 0 atom stereocenters. The van der Waals surface area contributed by atoms with Gasteiger partial charge >= 0.3 is 0 Å². The van der Waals surface area contributed by atoms with Gasteiger partial charge in [0.25, 0.3) is 0 Å². The number of para-hydroxylation sites is 1. The van der Waals surface area contributed by atoms with E-state index < -0.39 is 0 Å². The van der Waals surface area contributed by atoms with Gasteiger partial charge in [-0.15, -0.1) is 0 Å². The molecule has 0 saturated carbocycles. The van der Waals surface area contributed by atoms with Crippen molar-refractivity contribution in [2.45, 2.75) is 20.5 Å². The number of nitrogens with zero attached hydrogens (tertiary/aromatic N) is 4. The van der Waals surface area contributed by atoms with Crippen LogP contribution in [0.4, 0.5) is 0 Å². The monoisotopic (exact) mass is 387 g/mol. The second kappa shape index (κ2) is 7.63. The van der Waals surface area contributed by atoms with Crippen LogP contribution < -0.4 is 10.5 Å². The molecule has 0 aliphatic carbocycles. The summed E-state index contributed by atoms with van der Waals surface area (Å²) in [5, 5.41) is 17.8. The van der Waals surface area contributed by atoms with Gasteiger partial charge in [0.15, 0.2) is 11.5 Å². The molecule has 2 aromatic carbocycles. The van der Waals surface area contributed by atoms with Crippen molar-refractivity contribution in [3.05, 3.63) is 83.0 Å². The highest BCUT2D eigenvalue weighted by atomic mass is 16.5. The summed E-state index contributed by atoms with van der Waals surface area (Å²) in [6, 6.07) is 19.6. The number of nitrogens with two attached hydrogens (primary N) is 1. The molecule has 0 fully saturated rings. The van der Waals surface area contributed by atoms with Gasteiger partial charge in [-0.2, -0.15) is 10.1 Å². The van der Waals surface area contributed by atoms with Crippen molar-refractivity contribution in [1.29, 1.82) is 0 Å². The molecule has 7 heteroatoms. The second-order valence-corrected chi connectivity index (χ2v) is 6.81. The molecule has 0 amide bonds. The van der Waals surface area contributed by atoms with Gasteiger partial charge in [0, 0.05) is 5.39 Å². The average molecular weight is 387 g/mol. The van der Waals surface area contributed by atoms with Gasteiger partial charge in [-0.05, 0) is 37.6 Å². The van der Waals surface area contributed by atoms with Crippen LogP contribution in [0.2, 0.25) is 0 Å². The Morgan fingerprint density at radius 3 is 2.62 bits per heavy atom. The van der Waals surface area contributed by atoms with Gasteiger partial charge in [-0.3, -0.25) is 0 Å². The maximum absolute atomic E-state index is 9.22. The number of pyridine rings is 1. The summed E-state index contributed by atoms with van der Waals surface area (Å²) in [6.07, 6.45) is 0. The average Bonchev–Trinajstić information content (AvgIpc) is 3.07. The highest BCUT2D eigenvalue weighted by Crippen LogP contribution is 2.27. The molecule has 0 bridgehead atoms. The third kappa shape index (κ3) is 3.62. The van der Waals surface area contributed by atoms with Crippen LogP contribution in [0.15, 0.2) is 65.8 Å². The number of aromatic nitrogens is 3. The summed E-state index contributed by atoms with van der Waals surface area (Å²) in [4.78, 5) is 4.69. The smallest absolute Gasteiger partial charge is 0.227 e. The quantitative estimate of drug-likeness (QED) is 0.235. The third-order valence-corrected chi connectivity index (χ3v) is 4.65. The van der Waals surface area contributed by atoms with Crippen LogP contribution in [0.3, 0.4) is 0 Å². The van der Waals surface area contributed by atoms with Gasteiger partial charge in [-0.1, -0.05) is 53.2 Å². The summed E-state index contributed by atoms with van der Waals surface area (Å²) in [6.45, 7) is 4.23. The summed E-state index contributed by atoms with van der Waals surface area (Å²) >= 11 is 0. The highest BCUT2D eigenvalue weighted by Gasteiger charge is 2.18. The topological polar surface area (TPSA) is 98.6 Å². The number of hydrogen-bond donors (Lipinski definition) is 2. The zero-order chi connectivity index (χ0) is 20.4. The summed E-state index contributed by atoms with van der Waals surface area (Å²) in [5.41, 5.74) is 10.8. The number of fused-ring (bicyclic) bond motifs is 1. The fourth-order valence-electron chi connectivity index (χ4n) is 3.22. The van der Waals surface area contributed by atoms with Crippen molar-refractivity contribution >= 4 is 16.9 Å². The first-order valence-electron chi connectivity index (χ1n) is 9.19. The fraction of sp³-hybridized carbons (Fsp3) is 0.136. The van der Waals surface area contributed by atoms with Crippen LogP contribution in [-0.2, 0) is 6.61 Å². The van der Waals surface area contributed by atoms with E-state index in [0.29, 0.717) is 17.8 Å². The van der Waals surface area contributed by atoms with Crippen molar-refractivity contribution in [3.8, 4) is 11.6 Å². The zero-order valence-electron chi connectivity index (χ0n) is 16.2. The molecule has 4 rings (SSSR count). The molecular weight excluding hydrogens is 366 g/mol. The molecule has 0 unspecified atom stereocenters. The number of ether oxygens (including phenoxy) is 1. The van der Waals surface area contributed by atoms with Crippen molar-refractivity contribution in [1.82, 2.24) is 14.8 Å². The lowest BCUT2D eigenvalue weighted by molar-refractivity contribution is 0.292. The minimum Gasteiger partial charge on any atom is -0.472 e. The van der Waals surface area contributed by atoms with E-state index in [2.05, 4.69) is 15.2 Å². The van der Waals surface area contributed by atoms with Crippen LogP contribution in [0, 0.1) is 13.8 Å². The molecule has 146 valence electrons. The SMILES string of the molecule is Cc1cccc(COc2nc3c(cc2/C(N)=N/O)c(C)nn3-c2ccccc2)c1. The van der Waals surface area contributed by atoms with E-state index in [0.717, 1.165) is 27.9 Å². The van der Waals surface area contributed by atoms with Crippen LogP contribution in [0.5, 0.6) is 5.88 Å². The van der Waals surface area contributed by atoms with Gasteiger partial charge in [0.2, 0.25) is 5.88 Å². The number of amidine groups is 1. The summed E-state index contributed by atoms with van der Waals surface area (Å²) < 4.78 is 7.75. The minimum absolute atomic E-state index is 0.0643. The van der Waals surface area contributed by atoms with Gasteiger partial charge in [-0.25, -0.2) is 4.68 Å². The van der Waals surface area contributed by atoms with Crippen LogP contribution in [0.25, 0.3) is 16.7 Å². The normalized spacial score (nSPS) is 11.7. The fourth-order valence-corrected chi connectivity index (χ4v) is 3.22. The van der Waals surface area contributed by atoms with E-state index in [9.17, 15) is 5.21 Å². The Kier molecular flexibility index (Phi) is 4.87. The summed E-state index contributed by atoms with van der Waals surface area (Å²) in [7, 11) is 0. The third-order valence-electron chi connectivity index (χ3n) is 4.65. The molecule has 0 radical (unpaired) electrons. The number of aryl methyl sites for hydroxylation is 2. The standard InChI is InChI=1S/C22H21N5O2/c1-14-7-6-8-16(11-14)13-29-22-19(20(23)26-28)12-18-15(2)25-27(21(18)24-22)17-9-4-3-5-10-17/h3-12,28H,13H2,1-2H3,(H2,23,26). The Balaban J connectivity index is 1.82. The second-order valence-electron chi connectivity index (χ2n) is 6.81. The van der Waals surface area contributed by atoms with Crippen LogP contribution in [0.1, 0.15) is 22.4 Å². The van der Waals surface area contributed by atoms with E-state index in [-0.39, 0.29) is 11.7 Å². The molecule has 2 heterocycles. The molecule has 7 nitrogen and oxygen atoms in total. The molecule has 2 aromatic heterocycles. The van der Waals surface area contributed by atoms with E-state index in [4.69, 9.17) is 10.5 Å². The zero-order valence-corrected chi connectivity index (χ0v) is 16.2. The lowest BCUT2D eigenvalue weighted by atomic mass is 10.1. The minimum atomic E-state index is -0.0643. The molecule has 0 spiro atoms. The lowest BCUT2D eigenvalue weighted by Gasteiger charge is -2.11. The first-order chi connectivity index (χ1) is 14.1. The van der Waals surface area contributed by atoms with Crippen LogP contribution in [-0.4, -0.2) is 25.8 Å². The maximum Gasteiger partial charge on any atom is 0.227 e. The van der Waals surface area contributed by atoms with Gasteiger partial charge < -0.3 is 15.7 Å². The Labute approximate surface area is 168 Å². The van der Waals surface area contributed by atoms with Crippen molar-refractivity contribution in [2.75, 3.05) is 0 Å². The largest absolute Gasteiger partial charge is 0.472 e. The van der Waals surface area contributed by atoms with E-state index in [1.807, 2.05) is 68.4 Å². The Hall–Kier alpha value is -3.87. The lowest BCUT2D eigenvalue weighted by Crippen LogP contribution is -2.16. The first-order valence-corrected chi connectivity index (χ1v) is 9.19. The maximum atomic E-state index is 9.22. The number of hydrogen-bond acceptors (Lipinski definition) is 5. The van der Waals surface area contributed by atoms with E-state index in [1.165, 1.54) is 0 Å². The molecule has 29 heavy (non-hydrogen) atoms. The number of oxime groups is 1. The predicted octanol–water partition coefficient (Wildman–Crippen LogP) is 3.71.